The normalized spacial score (nSPS) is 14.8. The van der Waals surface area contributed by atoms with Crippen molar-refractivity contribution in [3.8, 4) is 0 Å². The predicted octanol–water partition coefficient (Wildman–Crippen LogP) is -5.26. The van der Waals surface area contributed by atoms with Crippen molar-refractivity contribution in [2.75, 3.05) is 32.0 Å². The number of aromatic nitrogens is 2. The molecule has 0 unspecified atom stereocenters. The van der Waals surface area contributed by atoms with Crippen LogP contribution in [0.2, 0.25) is 0 Å². The molecule has 1 aromatic rings. The van der Waals surface area contributed by atoms with Crippen LogP contribution in [0, 0.1) is 11.8 Å². The third-order valence-corrected chi connectivity index (χ3v) is 11.3. The van der Waals surface area contributed by atoms with Gasteiger partial charge in [-0.25, -0.2) is 9.78 Å². The van der Waals surface area contributed by atoms with Crippen LogP contribution in [0.25, 0.3) is 0 Å². The summed E-state index contributed by atoms with van der Waals surface area (Å²) < 4.78 is 0. The average Bonchev–Trinajstić information content (AvgIpc) is 3.85. The van der Waals surface area contributed by atoms with Gasteiger partial charge < -0.3 is 85.4 Å². The molecule has 0 aliphatic carbocycles. The number of aliphatic hydroxyl groups excluding tert-OH is 1. The van der Waals surface area contributed by atoms with Crippen molar-refractivity contribution in [3.63, 3.8) is 0 Å². The number of thiol groups is 1. The van der Waals surface area contributed by atoms with Gasteiger partial charge in [0.05, 0.1) is 37.6 Å². The SMILES string of the molecule is CC(C)C[C@H](NC(=O)[C@@H](NC(=O)[C@H](Cc1c[nH]cn1)NC(=O)CNC(=O)[C@H](C)NC(=O)[C@H](CCCCN)NC(=O)[C@H](CCCCN)NC(=O)[C@@H](N)CS)C(C)C)C(=O)N[C@@H](CO)C(=O)N[C@@H](CC(=O)O)C(=O)O. The molecule has 73 heavy (non-hydrogen) atoms. The van der Waals surface area contributed by atoms with Gasteiger partial charge in [0.25, 0.3) is 0 Å². The molecule has 9 atom stereocenters. The summed E-state index contributed by atoms with van der Waals surface area (Å²) in [7, 11) is 0. The highest BCUT2D eigenvalue weighted by Crippen LogP contribution is 2.11. The number of carboxylic acids is 2. The second-order valence-electron chi connectivity index (χ2n) is 18.0. The maximum absolute atomic E-state index is 13.9. The maximum atomic E-state index is 13.9. The van der Waals surface area contributed by atoms with Gasteiger partial charge in [0.1, 0.15) is 48.3 Å². The fraction of sp³-hybridized carbons (Fsp3) is 0.682. The van der Waals surface area contributed by atoms with E-state index in [-0.39, 0.29) is 37.4 Å². The summed E-state index contributed by atoms with van der Waals surface area (Å²) in [5, 5.41) is 50.2. The minimum Gasteiger partial charge on any atom is -0.481 e. The number of H-pyrrole nitrogens is 1. The van der Waals surface area contributed by atoms with Crippen molar-refractivity contribution < 1.29 is 68.1 Å². The fourth-order valence-electron chi connectivity index (χ4n) is 6.79. The molecule has 19 N–H and O–H groups in total. The zero-order valence-electron chi connectivity index (χ0n) is 41.9. The second kappa shape index (κ2) is 34.1. The molecule has 0 radical (unpaired) electrons. The van der Waals surface area contributed by atoms with Gasteiger partial charge in [-0.05, 0) is 76.8 Å². The molecular weight excluding hydrogens is 981 g/mol. The van der Waals surface area contributed by atoms with Crippen LogP contribution < -0.4 is 65.1 Å². The summed E-state index contributed by atoms with van der Waals surface area (Å²) in [5.41, 5.74) is 17.4. The largest absolute Gasteiger partial charge is 0.481 e. The standard InChI is InChI=1S/C44H76N14O14S/c1-22(2)14-29(40(67)57-32(19-59)42(69)56-31(44(71)72)16-34(61)62)55-43(70)35(23(3)4)58-41(68)30(15-25-17-48-21-50-25)52-33(60)18-49-36(63)24(5)51-38(65)27(10-6-8-12-45)54-39(66)28(11-7-9-13-46)53-37(64)26(47)20-73/h17,21-24,26-32,35,59,73H,6-16,18-20,45-47H2,1-5H3,(H,48,50)(H,49,63)(H,51,65)(H,52,60)(H,53,64)(H,54,66)(H,55,70)(H,56,69)(H,57,67)(H,58,68)(H,61,62)(H,71,72)/t24-,26-,27-,28-,29-,30-,31-,32-,35-/m0/s1. The van der Waals surface area contributed by atoms with Crippen LogP contribution in [-0.4, -0.2) is 177 Å². The Hall–Kier alpha value is -6.43. The Kier molecular flexibility index (Phi) is 30.1. The number of nitrogens with zero attached hydrogens (tertiary/aromatic N) is 1. The number of imidazole rings is 1. The quantitative estimate of drug-likeness (QED) is 0.0220. The van der Waals surface area contributed by atoms with Gasteiger partial charge >= 0.3 is 11.9 Å². The minimum atomic E-state index is -1.88. The van der Waals surface area contributed by atoms with E-state index in [0.29, 0.717) is 44.5 Å². The molecule has 0 spiro atoms. The number of unbranched alkanes of at least 4 members (excludes halogenated alkanes) is 2. The van der Waals surface area contributed by atoms with E-state index >= 15 is 0 Å². The average molecular weight is 1060 g/mol. The molecule has 0 fully saturated rings. The van der Waals surface area contributed by atoms with E-state index < -0.39 is 145 Å². The molecule has 0 saturated heterocycles. The summed E-state index contributed by atoms with van der Waals surface area (Å²) in [6.07, 6.45) is 3.85. The van der Waals surface area contributed by atoms with Gasteiger partial charge in [0.2, 0.25) is 53.2 Å². The number of carbonyl (C=O) groups is 11. The zero-order chi connectivity index (χ0) is 55.4. The molecule has 0 bridgehead atoms. The van der Waals surface area contributed by atoms with Crippen LogP contribution in [0.1, 0.15) is 91.7 Å². The lowest BCUT2D eigenvalue weighted by atomic mass is 9.99. The monoisotopic (exact) mass is 1060 g/mol. The Balaban J connectivity index is 3.17. The van der Waals surface area contributed by atoms with Gasteiger partial charge in [0, 0.05) is 18.4 Å². The number of hydrogen-bond acceptors (Lipinski definition) is 17. The Morgan fingerprint density at radius 3 is 1.63 bits per heavy atom. The lowest BCUT2D eigenvalue weighted by Crippen LogP contribution is -2.61. The molecule has 1 aromatic heterocycles. The molecule has 9 amide bonds. The number of amides is 9. The summed E-state index contributed by atoms with van der Waals surface area (Å²) >= 11 is 4.03. The van der Waals surface area contributed by atoms with Gasteiger partial charge in [-0.2, -0.15) is 12.6 Å². The Bertz CT molecular complexity index is 2000. The molecule has 0 aliphatic rings. The van der Waals surface area contributed by atoms with Crippen molar-refractivity contribution in [2.24, 2.45) is 29.0 Å². The van der Waals surface area contributed by atoms with Crippen molar-refractivity contribution in [2.45, 2.75) is 147 Å². The van der Waals surface area contributed by atoms with Crippen molar-refractivity contribution in [1.82, 2.24) is 57.8 Å². The van der Waals surface area contributed by atoms with Crippen LogP contribution in [0.5, 0.6) is 0 Å². The molecule has 1 rings (SSSR count). The summed E-state index contributed by atoms with van der Waals surface area (Å²) in [4.78, 5) is 150. The molecular formula is C44H76N14O14S. The van der Waals surface area contributed by atoms with E-state index in [1.54, 1.807) is 27.7 Å². The Labute approximate surface area is 428 Å². The van der Waals surface area contributed by atoms with E-state index in [9.17, 15) is 63.0 Å². The van der Waals surface area contributed by atoms with Gasteiger partial charge in [-0.1, -0.05) is 27.7 Å². The smallest absolute Gasteiger partial charge is 0.326 e. The summed E-state index contributed by atoms with van der Waals surface area (Å²) in [6, 6.07) is -12.2. The predicted molar refractivity (Wildman–Crippen MR) is 265 cm³/mol. The Morgan fingerprint density at radius 2 is 1.14 bits per heavy atom. The van der Waals surface area contributed by atoms with Crippen molar-refractivity contribution in [1.29, 1.82) is 0 Å². The minimum absolute atomic E-state index is 0.0180. The third-order valence-electron chi connectivity index (χ3n) is 10.9. The van der Waals surface area contributed by atoms with Gasteiger partial charge in [-0.15, -0.1) is 0 Å². The molecule has 0 aromatic carbocycles. The fourth-order valence-corrected chi connectivity index (χ4v) is 6.96. The molecule has 28 nitrogen and oxygen atoms in total. The number of carboxylic acid groups (broad SMARTS) is 2. The molecule has 0 saturated carbocycles. The van der Waals surface area contributed by atoms with E-state index in [1.807, 2.05) is 5.32 Å². The number of carbonyl (C=O) groups excluding carboxylic acids is 9. The number of rotatable bonds is 36. The van der Waals surface area contributed by atoms with Crippen LogP contribution >= 0.6 is 12.6 Å². The van der Waals surface area contributed by atoms with Crippen LogP contribution in [0.3, 0.4) is 0 Å². The van der Waals surface area contributed by atoms with E-state index in [2.05, 4.69) is 65.1 Å². The van der Waals surface area contributed by atoms with Crippen molar-refractivity contribution in [3.05, 3.63) is 18.2 Å². The first-order valence-corrected chi connectivity index (χ1v) is 24.5. The highest BCUT2D eigenvalue weighted by Gasteiger charge is 2.35. The van der Waals surface area contributed by atoms with Crippen LogP contribution in [0.15, 0.2) is 12.5 Å². The molecule has 1 heterocycles. The zero-order valence-corrected chi connectivity index (χ0v) is 42.8. The summed E-state index contributed by atoms with van der Waals surface area (Å²) in [6.45, 7) is 6.87. The van der Waals surface area contributed by atoms with E-state index in [4.69, 9.17) is 22.3 Å². The van der Waals surface area contributed by atoms with Gasteiger partial charge in [-0.3, -0.25) is 47.9 Å². The second-order valence-corrected chi connectivity index (χ2v) is 18.3. The first-order valence-electron chi connectivity index (χ1n) is 23.9. The number of aromatic amines is 1. The van der Waals surface area contributed by atoms with Crippen LogP contribution in [-0.2, 0) is 59.2 Å². The number of nitrogens with one attached hydrogen (secondary N) is 10. The summed E-state index contributed by atoms with van der Waals surface area (Å²) in [5.74, 6) is -11.7. The third kappa shape index (κ3) is 24.7. The first kappa shape index (κ1) is 64.6. The highest BCUT2D eigenvalue weighted by atomic mass is 32.1. The maximum Gasteiger partial charge on any atom is 0.326 e. The molecule has 412 valence electrons. The highest BCUT2D eigenvalue weighted by molar-refractivity contribution is 7.80. The lowest BCUT2D eigenvalue weighted by molar-refractivity contribution is -0.147. The topological polar surface area (TPSA) is 463 Å². The first-order chi connectivity index (χ1) is 34.4. The van der Waals surface area contributed by atoms with Crippen molar-refractivity contribution >= 4 is 77.7 Å². The number of aliphatic hydroxyl groups is 1. The Morgan fingerprint density at radius 1 is 0.630 bits per heavy atom. The molecule has 29 heteroatoms. The lowest BCUT2D eigenvalue weighted by Gasteiger charge is -2.28. The number of hydrogen-bond donors (Lipinski definition) is 17. The van der Waals surface area contributed by atoms with Gasteiger partial charge in [0.15, 0.2) is 0 Å². The number of aliphatic carboxylic acids is 2. The number of nitrogens with two attached hydrogens (primary N) is 3. The van der Waals surface area contributed by atoms with E-state index in [1.165, 1.54) is 19.4 Å². The van der Waals surface area contributed by atoms with Crippen LogP contribution in [0.4, 0.5) is 0 Å². The van der Waals surface area contributed by atoms with E-state index in [0.717, 1.165) is 0 Å². The molecule has 0 aliphatic heterocycles.